The number of methoxy groups -OCH3 is 2. The van der Waals surface area contributed by atoms with Gasteiger partial charge in [0.1, 0.15) is 24.6 Å². The van der Waals surface area contributed by atoms with Crippen LogP contribution < -0.4 is 14.8 Å². The van der Waals surface area contributed by atoms with Gasteiger partial charge < -0.3 is 34.8 Å². The van der Waals surface area contributed by atoms with Crippen molar-refractivity contribution in [2.75, 3.05) is 26.1 Å². The maximum Gasteiger partial charge on any atom is 0.278 e. The standard InChI is InChI=1S/C19H22N6O8/c1-31-11-3-9(10(25(29)30)4-12(11)32-2)5-20-17-14-18(22-7-21-17)24(8-23-14)19-16(28)15(27)13(6-26)33-19/h3-4,7-8,13,15-16,19,26-28H,5-6H2,1-2H3,(H,20,21,22)/t13-,15-,16-,19?/m1/s1. The summed E-state index contributed by atoms with van der Waals surface area (Å²) in [5.41, 5.74) is 0.775. The molecule has 3 aromatic rings. The lowest BCUT2D eigenvalue weighted by atomic mass is 10.1. The van der Waals surface area contributed by atoms with Gasteiger partial charge in [0.2, 0.25) is 0 Å². The summed E-state index contributed by atoms with van der Waals surface area (Å²) in [4.78, 5) is 23.6. The lowest BCUT2D eigenvalue weighted by Gasteiger charge is -2.16. The molecule has 1 aliphatic heterocycles. The van der Waals surface area contributed by atoms with Gasteiger partial charge in [-0.2, -0.15) is 0 Å². The minimum absolute atomic E-state index is 0.0174. The Labute approximate surface area is 186 Å². The number of aliphatic hydroxyl groups excluding tert-OH is 3. The number of aliphatic hydroxyl groups is 3. The summed E-state index contributed by atoms with van der Waals surface area (Å²) in [6.45, 7) is -0.448. The maximum atomic E-state index is 11.5. The number of ether oxygens (including phenoxy) is 3. The Hall–Kier alpha value is -3.59. The van der Waals surface area contributed by atoms with Crippen LogP contribution in [-0.4, -0.2) is 78.9 Å². The SMILES string of the molecule is COc1cc(CNc2ncnc3c2ncn3C2O[C@H](CO)[C@@H](O)[C@H]2O)c([N+](=O)[O-])cc1OC. The number of nitro groups is 1. The van der Waals surface area contributed by atoms with E-state index in [1.807, 2.05) is 0 Å². The molecular formula is C19H22N6O8. The predicted molar refractivity (Wildman–Crippen MR) is 112 cm³/mol. The van der Waals surface area contributed by atoms with E-state index in [0.29, 0.717) is 22.5 Å². The van der Waals surface area contributed by atoms with Crippen molar-refractivity contribution in [3.63, 3.8) is 0 Å². The zero-order chi connectivity index (χ0) is 23.7. The van der Waals surface area contributed by atoms with Crippen molar-refractivity contribution < 1.29 is 34.5 Å². The zero-order valence-electron chi connectivity index (χ0n) is 17.7. The first kappa shape index (κ1) is 22.6. The number of hydrogen-bond acceptors (Lipinski definition) is 12. The number of fused-ring (bicyclic) bond motifs is 1. The van der Waals surface area contributed by atoms with E-state index in [1.54, 1.807) is 0 Å². The number of anilines is 1. The van der Waals surface area contributed by atoms with Crippen LogP contribution in [0.1, 0.15) is 11.8 Å². The molecule has 4 atom stereocenters. The molecule has 1 saturated heterocycles. The van der Waals surface area contributed by atoms with Gasteiger partial charge in [-0.15, -0.1) is 0 Å². The molecule has 4 N–H and O–H groups in total. The third kappa shape index (κ3) is 4.00. The summed E-state index contributed by atoms with van der Waals surface area (Å²) in [6.07, 6.45) is -1.93. The third-order valence-electron chi connectivity index (χ3n) is 5.38. The van der Waals surface area contributed by atoms with Crippen LogP contribution in [0, 0.1) is 10.1 Å². The van der Waals surface area contributed by atoms with E-state index in [2.05, 4.69) is 20.3 Å². The van der Waals surface area contributed by atoms with E-state index in [1.165, 1.54) is 43.6 Å². The van der Waals surface area contributed by atoms with Gasteiger partial charge in [0.25, 0.3) is 5.69 Å². The van der Waals surface area contributed by atoms with Crippen LogP contribution in [0.3, 0.4) is 0 Å². The normalized spacial score (nSPS) is 22.5. The van der Waals surface area contributed by atoms with Crippen LogP contribution in [-0.2, 0) is 11.3 Å². The number of imidazole rings is 1. The number of benzene rings is 1. The van der Waals surface area contributed by atoms with Crippen molar-refractivity contribution in [3.8, 4) is 11.5 Å². The minimum atomic E-state index is -1.31. The first-order valence-electron chi connectivity index (χ1n) is 9.82. The molecule has 2 aromatic heterocycles. The van der Waals surface area contributed by atoms with Crippen molar-refractivity contribution >= 4 is 22.7 Å². The Morgan fingerprint density at radius 3 is 2.55 bits per heavy atom. The van der Waals surface area contributed by atoms with Gasteiger partial charge in [-0.25, -0.2) is 15.0 Å². The molecule has 0 radical (unpaired) electrons. The van der Waals surface area contributed by atoms with Crippen LogP contribution in [0.4, 0.5) is 11.5 Å². The molecule has 0 aliphatic carbocycles. The van der Waals surface area contributed by atoms with Crippen molar-refractivity contribution in [1.29, 1.82) is 0 Å². The fraction of sp³-hybridized carbons (Fsp3) is 0.421. The molecule has 0 spiro atoms. The molecule has 1 fully saturated rings. The highest BCUT2D eigenvalue weighted by Gasteiger charge is 2.44. The zero-order valence-corrected chi connectivity index (χ0v) is 17.7. The molecule has 0 bridgehead atoms. The van der Waals surface area contributed by atoms with Gasteiger partial charge in [-0.1, -0.05) is 0 Å². The van der Waals surface area contributed by atoms with Crippen molar-refractivity contribution in [2.24, 2.45) is 0 Å². The van der Waals surface area contributed by atoms with E-state index >= 15 is 0 Å². The largest absolute Gasteiger partial charge is 0.493 e. The van der Waals surface area contributed by atoms with Gasteiger partial charge in [-0.05, 0) is 6.07 Å². The van der Waals surface area contributed by atoms with E-state index < -0.39 is 36.1 Å². The summed E-state index contributed by atoms with van der Waals surface area (Å²) in [5, 5.41) is 44.2. The Morgan fingerprint density at radius 2 is 1.91 bits per heavy atom. The van der Waals surface area contributed by atoms with Gasteiger partial charge in [0, 0.05) is 6.54 Å². The lowest BCUT2D eigenvalue weighted by molar-refractivity contribution is -0.385. The van der Waals surface area contributed by atoms with Gasteiger partial charge >= 0.3 is 0 Å². The molecule has 3 heterocycles. The number of rotatable bonds is 8. The number of hydrogen-bond donors (Lipinski definition) is 4. The van der Waals surface area contributed by atoms with Crippen molar-refractivity contribution in [1.82, 2.24) is 19.5 Å². The van der Waals surface area contributed by atoms with Crippen LogP contribution in [0.2, 0.25) is 0 Å². The maximum absolute atomic E-state index is 11.5. The average Bonchev–Trinajstić information content (AvgIpc) is 3.37. The van der Waals surface area contributed by atoms with Crippen LogP contribution in [0.25, 0.3) is 11.2 Å². The number of aromatic nitrogens is 4. The summed E-state index contributed by atoms with van der Waals surface area (Å²) in [5.74, 6) is 0.852. The molecule has 1 aliphatic rings. The Balaban J connectivity index is 1.63. The second kappa shape index (κ2) is 9.11. The first-order chi connectivity index (χ1) is 15.9. The second-order valence-electron chi connectivity index (χ2n) is 7.22. The summed E-state index contributed by atoms with van der Waals surface area (Å²) in [6, 6.07) is 2.78. The first-order valence-corrected chi connectivity index (χ1v) is 9.82. The van der Waals surface area contributed by atoms with Gasteiger partial charge in [-0.3, -0.25) is 14.7 Å². The highest BCUT2D eigenvalue weighted by molar-refractivity contribution is 5.82. The summed E-state index contributed by atoms with van der Waals surface area (Å²) in [7, 11) is 2.82. The van der Waals surface area contributed by atoms with E-state index in [4.69, 9.17) is 14.2 Å². The monoisotopic (exact) mass is 462 g/mol. The summed E-state index contributed by atoms with van der Waals surface area (Å²) >= 11 is 0. The van der Waals surface area contributed by atoms with Gasteiger partial charge in [0.05, 0.1) is 43.7 Å². The van der Waals surface area contributed by atoms with Crippen LogP contribution >= 0.6 is 0 Å². The predicted octanol–water partition coefficient (Wildman–Crippen LogP) is -0.0247. The van der Waals surface area contributed by atoms with E-state index in [0.717, 1.165) is 0 Å². The fourth-order valence-corrected chi connectivity index (χ4v) is 3.68. The quantitative estimate of drug-likeness (QED) is 0.259. The smallest absolute Gasteiger partial charge is 0.278 e. The third-order valence-corrected chi connectivity index (χ3v) is 5.38. The number of nitro benzene ring substituents is 1. The molecule has 176 valence electrons. The van der Waals surface area contributed by atoms with E-state index in [-0.39, 0.29) is 23.8 Å². The molecular weight excluding hydrogens is 440 g/mol. The topological polar surface area (TPSA) is 187 Å². The molecule has 0 saturated carbocycles. The molecule has 14 heteroatoms. The number of nitrogens with zero attached hydrogens (tertiary/aromatic N) is 5. The van der Waals surface area contributed by atoms with Crippen LogP contribution in [0.15, 0.2) is 24.8 Å². The molecule has 33 heavy (non-hydrogen) atoms. The summed E-state index contributed by atoms with van der Waals surface area (Å²) < 4.78 is 17.3. The molecule has 14 nitrogen and oxygen atoms in total. The van der Waals surface area contributed by atoms with E-state index in [9.17, 15) is 25.4 Å². The highest BCUT2D eigenvalue weighted by atomic mass is 16.6. The highest BCUT2D eigenvalue weighted by Crippen LogP contribution is 2.35. The Kier molecular flexibility index (Phi) is 6.24. The van der Waals surface area contributed by atoms with Crippen molar-refractivity contribution in [2.45, 2.75) is 31.1 Å². The van der Waals surface area contributed by atoms with Crippen LogP contribution in [0.5, 0.6) is 11.5 Å². The van der Waals surface area contributed by atoms with Gasteiger partial charge in [0.15, 0.2) is 34.7 Å². The average molecular weight is 462 g/mol. The number of nitrogens with one attached hydrogen (secondary N) is 1. The van der Waals surface area contributed by atoms with Crippen molar-refractivity contribution in [3.05, 3.63) is 40.5 Å². The lowest BCUT2D eigenvalue weighted by Crippen LogP contribution is -2.33. The second-order valence-corrected chi connectivity index (χ2v) is 7.22. The molecule has 4 rings (SSSR count). The Bertz CT molecular complexity index is 1170. The molecule has 1 aromatic carbocycles. The molecule has 1 unspecified atom stereocenters. The fourth-order valence-electron chi connectivity index (χ4n) is 3.68. The minimum Gasteiger partial charge on any atom is -0.493 e. The molecule has 0 amide bonds. The Morgan fingerprint density at radius 1 is 1.18 bits per heavy atom.